The standard InChI is InChI=1S/C10H18O3S2/c1-7-3-8-5-14-15(11,12)6-9(8)4-10(7)13-2/h7-10H,3-6H2,1-2H3/t7-,8?,9?,10-/m0/s1. The highest BCUT2D eigenvalue weighted by atomic mass is 33.1. The Labute approximate surface area is 95.3 Å². The van der Waals surface area contributed by atoms with Gasteiger partial charge in [0.25, 0.3) is 0 Å². The van der Waals surface area contributed by atoms with Crippen molar-refractivity contribution in [3.05, 3.63) is 0 Å². The second-order valence-corrected chi connectivity index (χ2v) is 9.00. The molecule has 1 aliphatic heterocycles. The van der Waals surface area contributed by atoms with Gasteiger partial charge in [0.1, 0.15) is 0 Å². The van der Waals surface area contributed by atoms with Crippen LogP contribution in [0, 0.1) is 17.8 Å². The molecule has 1 saturated carbocycles. The molecule has 0 aromatic heterocycles. The molecule has 0 spiro atoms. The molecule has 0 N–H and O–H groups in total. The zero-order valence-corrected chi connectivity index (χ0v) is 10.8. The normalized spacial score (nSPS) is 44.7. The number of fused-ring (bicyclic) bond motifs is 1. The van der Waals surface area contributed by atoms with Crippen molar-refractivity contribution >= 4 is 19.7 Å². The van der Waals surface area contributed by atoms with Crippen LogP contribution < -0.4 is 0 Å². The van der Waals surface area contributed by atoms with Crippen molar-refractivity contribution in [1.82, 2.24) is 0 Å². The van der Waals surface area contributed by atoms with Gasteiger partial charge in [0.05, 0.1) is 11.9 Å². The summed E-state index contributed by atoms with van der Waals surface area (Å²) >= 11 is 0. The molecule has 3 nitrogen and oxygen atoms in total. The van der Waals surface area contributed by atoms with Gasteiger partial charge in [-0.2, -0.15) is 0 Å². The first-order chi connectivity index (χ1) is 7.02. The van der Waals surface area contributed by atoms with E-state index in [1.54, 1.807) is 7.11 Å². The Morgan fingerprint density at radius 1 is 1.27 bits per heavy atom. The largest absolute Gasteiger partial charge is 0.381 e. The van der Waals surface area contributed by atoms with Crippen LogP contribution in [0.1, 0.15) is 19.8 Å². The van der Waals surface area contributed by atoms with Crippen LogP contribution in [-0.2, 0) is 13.6 Å². The van der Waals surface area contributed by atoms with E-state index in [4.69, 9.17) is 4.74 Å². The highest BCUT2D eigenvalue weighted by Gasteiger charge is 2.41. The van der Waals surface area contributed by atoms with E-state index >= 15 is 0 Å². The lowest BCUT2D eigenvalue weighted by Crippen LogP contribution is -2.41. The highest BCUT2D eigenvalue weighted by Crippen LogP contribution is 2.42. The number of hydrogen-bond acceptors (Lipinski definition) is 4. The summed E-state index contributed by atoms with van der Waals surface area (Å²) in [5.41, 5.74) is 0. The molecule has 0 aromatic rings. The van der Waals surface area contributed by atoms with Crippen LogP contribution in [0.25, 0.3) is 0 Å². The Kier molecular flexibility index (Phi) is 3.33. The SMILES string of the molecule is CO[C@H]1CC2CS(=O)(=O)SCC2C[C@@H]1C. The van der Waals surface area contributed by atoms with Crippen molar-refractivity contribution in [3.63, 3.8) is 0 Å². The summed E-state index contributed by atoms with van der Waals surface area (Å²) in [5.74, 6) is 2.62. The zero-order chi connectivity index (χ0) is 11.1. The Hall–Kier alpha value is 0.260. The molecule has 0 aromatic carbocycles. The first-order valence-electron chi connectivity index (χ1n) is 5.41. The van der Waals surface area contributed by atoms with Gasteiger partial charge in [0.2, 0.25) is 8.87 Å². The van der Waals surface area contributed by atoms with Crippen LogP contribution in [0.3, 0.4) is 0 Å². The molecule has 2 unspecified atom stereocenters. The predicted octanol–water partition coefficient (Wildman–Crippen LogP) is 1.74. The fraction of sp³-hybridized carbons (Fsp3) is 1.00. The van der Waals surface area contributed by atoms with Crippen molar-refractivity contribution in [2.75, 3.05) is 18.6 Å². The molecule has 1 heterocycles. The van der Waals surface area contributed by atoms with Crippen LogP contribution in [0.4, 0.5) is 0 Å². The van der Waals surface area contributed by atoms with Crippen molar-refractivity contribution in [2.24, 2.45) is 17.8 Å². The molecule has 2 rings (SSSR count). The van der Waals surface area contributed by atoms with E-state index in [0.29, 0.717) is 23.5 Å². The maximum Gasteiger partial charge on any atom is 0.201 e. The Bertz CT molecular complexity index is 326. The number of methoxy groups -OCH3 is 1. The molecule has 1 saturated heterocycles. The van der Waals surface area contributed by atoms with E-state index < -0.39 is 8.87 Å². The predicted molar refractivity (Wildman–Crippen MR) is 62.4 cm³/mol. The van der Waals surface area contributed by atoms with E-state index in [1.807, 2.05) is 0 Å². The summed E-state index contributed by atoms with van der Waals surface area (Å²) in [6.07, 6.45) is 2.29. The molecule has 5 heteroatoms. The molecule has 2 aliphatic rings. The third-order valence-corrected chi connectivity index (χ3v) is 7.35. The number of hydrogen-bond donors (Lipinski definition) is 0. The first kappa shape index (κ1) is 11.7. The Morgan fingerprint density at radius 3 is 2.67 bits per heavy atom. The fourth-order valence-corrected chi connectivity index (χ4v) is 6.56. The van der Waals surface area contributed by atoms with E-state index in [2.05, 4.69) is 6.92 Å². The summed E-state index contributed by atoms with van der Waals surface area (Å²) in [4.78, 5) is 0. The van der Waals surface area contributed by atoms with Gasteiger partial charge in [-0.1, -0.05) is 6.92 Å². The van der Waals surface area contributed by atoms with E-state index in [9.17, 15) is 8.42 Å². The molecular formula is C10H18O3S2. The molecule has 15 heavy (non-hydrogen) atoms. The monoisotopic (exact) mass is 250 g/mol. The maximum atomic E-state index is 11.5. The average Bonchev–Trinajstić information content (AvgIpc) is 2.17. The molecule has 4 atom stereocenters. The van der Waals surface area contributed by atoms with Crippen LogP contribution in [0.5, 0.6) is 0 Å². The molecular weight excluding hydrogens is 232 g/mol. The van der Waals surface area contributed by atoms with E-state index in [0.717, 1.165) is 29.4 Å². The molecule has 0 amide bonds. The zero-order valence-electron chi connectivity index (χ0n) is 9.18. The molecule has 0 radical (unpaired) electrons. The number of ether oxygens (including phenoxy) is 1. The van der Waals surface area contributed by atoms with Crippen molar-refractivity contribution in [3.8, 4) is 0 Å². The minimum absolute atomic E-state index is 0.254. The lowest BCUT2D eigenvalue weighted by atomic mass is 9.74. The van der Waals surface area contributed by atoms with Gasteiger partial charge in [-0.25, -0.2) is 8.42 Å². The van der Waals surface area contributed by atoms with Crippen molar-refractivity contribution in [1.29, 1.82) is 0 Å². The van der Waals surface area contributed by atoms with E-state index in [1.165, 1.54) is 0 Å². The second-order valence-electron chi connectivity index (χ2n) is 4.75. The summed E-state index contributed by atoms with van der Waals surface area (Å²) in [5, 5.41) is 0. The minimum Gasteiger partial charge on any atom is -0.381 e. The maximum absolute atomic E-state index is 11.5. The summed E-state index contributed by atoms with van der Waals surface area (Å²) in [6.45, 7) is 2.21. The van der Waals surface area contributed by atoms with Crippen LogP contribution in [0.15, 0.2) is 0 Å². The van der Waals surface area contributed by atoms with Gasteiger partial charge in [0.15, 0.2) is 0 Å². The third kappa shape index (κ3) is 2.50. The van der Waals surface area contributed by atoms with Crippen LogP contribution in [-0.4, -0.2) is 33.1 Å². The smallest absolute Gasteiger partial charge is 0.201 e. The number of rotatable bonds is 1. The Morgan fingerprint density at radius 2 is 2.00 bits per heavy atom. The van der Waals surface area contributed by atoms with Gasteiger partial charge >= 0.3 is 0 Å². The first-order valence-corrected chi connectivity index (χ1v) is 8.57. The van der Waals surface area contributed by atoms with Crippen LogP contribution >= 0.6 is 10.8 Å². The average molecular weight is 250 g/mol. The molecule has 88 valence electrons. The van der Waals surface area contributed by atoms with E-state index in [-0.39, 0.29) is 6.10 Å². The summed E-state index contributed by atoms with van der Waals surface area (Å²) in [7, 11) is 0.0369. The third-order valence-electron chi connectivity index (χ3n) is 3.69. The molecule has 2 fully saturated rings. The minimum atomic E-state index is -2.84. The molecule has 0 bridgehead atoms. The lowest BCUT2D eigenvalue weighted by molar-refractivity contribution is -0.00199. The summed E-state index contributed by atoms with van der Waals surface area (Å²) in [6, 6.07) is 0. The molecule has 1 aliphatic carbocycles. The summed E-state index contributed by atoms with van der Waals surface area (Å²) < 4.78 is 28.4. The fourth-order valence-electron chi connectivity index (χ4n) is 2.78. The Balaban J connectivity index is 2.08. The van der Waals surface area contributed by atoms with Gasteiger partial charge in [0, 0.05) is 12.9 Å². The van der Waals surface area contributed by atoms with Gasteiger partial charge < -0.3 is 4.74 Å². The van der Waals surface area contributed by atoms with Gasteiger partial charge in [-0.15, -0.1) is 0 Å². The highest BCUT2D eigenvalue weighted by molar-refractivity contribution is 8.72. The van der Waals surface area contributed by atoms with Gasteiger partial charge in [-0.05, 0) is 41.4 Å². The second kappa shape index (κ2) is 4.26. The lowest BCUT2D eigenvalue weighted by Gasteiger charge is -2.41. The van der Waals surface area contributed by atoms with Crippen molar-refractivity contribution in [2.45, 2.75) is 25.9 Å². The van der Waals surface area contributed by atoms with Gasteiger partial charge in [-0.3, -0.25) is 0 Å². The van der Waals surface area contributed by atoms with Crippen LogP contribution in [0.2, 0.25) is 0 Å². The van der Waals surface area contributed by atoms with Crippen molar-refractivity contribution < 1.29 is 13.2 Å². The quantitative estimate of drug-likeness (QED) is 0.665. The topological polar surface area (TPSA) is 43.4 Å².